The van der Waals surface area contributed by atoms with Gasteiger partial charge in [0.1, 0.15) is 5.75 Å². The fraction of sp³-hybridized carbons (Fsp3) is 0. The first-order valence-corrected chi connectivity index (χ1v) is 4.03. The van der Waals surface area contributed by atoms with Gasteiger partial charge >= 0.3 is 0 Å². The van der Waals surface area contributed by atoms with Gasteiger partial charge in [-0.15, -0.1) is 0 Å². The summed E-state index contributed by atoms with van der Waals surface area (Å²) in [7, 11) is 0. The largest absolute Gasteiger partial charge is 0.507 e. The van der Waals surface area contributed by atoms with Crippen molar-refractivity contribution >= 4 is 26.8 Å². The van der Waals surface area contributed by atoms with Gasteiger partial charge in [-0.25, -0.2) is 0 Å². The Morgan fingerprint density at radius 1 is 1.27 bits per heavy atom. The monoisotopic (exact) mass is 211 g/mol. The molecule has 0 aliphatic heterocycles. The zero-order valence-electron chi connectivity index (χ0n) is 5.63. The van der Waals surface area contributed by atoms with Crippen LogP contribution < -0.4 is 0 Å². The number of aromatic nitrogens is 1. The Kier molecular flexibility index (Phi) is 1.39. The van der Waals surface area contributed by atoms with Crippen molar-refractivity contribution in [1.29, 1.82) is 0 Å². The van der Waals surface area contributed by atoms with E-state index in [-0.39, 0.29) is 5.75 Å². The lowest BCUT2D eigenvalue weighted by Gasteiger charge is -1.96. The molecule has 56 valence electrons. The molecule has 11 heavy (non-hydrogen) atoms. The van der Waals surface area contributed by atoms with Crippen LogP contribution in [0.3, 0.4) is 0 Å². The summed E-state index contributed by atoms with van der Waals surface area (Å²) in [5, 5.41) is 10.3. The zero-order valence-corrected chi connectivity index (χ0v) is 7.22. The molecule has 0 aliphatic carbocycles. The molecule has 0 saturated carbocycles. The third-order valence-electron chi connectivity index (χ3n) is 1.65. The van der Waals surface area contributed by atoms with Crippen LogP contribution in [-0.2, 0) is 0 Å². The van der Waals surface area contributed by atoms with Crippen LogP contribution in [0.1, 0.15) is 0 Å². The van der Waals surface area contributed by atoms with Crippen LogP contribution in [0.2, 0.25) is 0 Å². The van der Waals surface area contributed by atoms with Gasteiger partial charge in [-0.1, -0.05) is 0 Å². The second-order valence-corrected chi connectivity index (χ2v) is 3.13. The summed E-state index contributed by atoms with van der Waals surface area (Å²) in [6.07, 6.45) is 1.84. The van der Waals surface area contributed by atoms with E-state index in [0.29, 0.717) is 0 Å². The Balaban J connectivity index is 2.93. The molecule has 1 heterocycles. The summed E-state index contributed by atoms with van der Waals surface area (Å²) in [6.45, 7) is 0. The standard InChI is InChI=1S/C8H6BrNO/c9-8-5-3-4-10-6(5)1-2-7(8)11/h1-4,10-11H. The van der Waals surface area contributed by atoms with Crippen molar-refractivity contribution in [3.63, 3.8) is 0 Å². The molecule has 0 unspecified atom stereocenters. The van der Waals surface area contributed by atoms with Gasteiger partial charge in [0.2, 0.25) is 0 Å². The highest BCUT2D eigenvalue weighted by Gasteiger charge is 2.02. The number of hydrogen-bond donors (Lipinski definition) is 2. The third-order valence-corrected chi connectivity index (χ3v) is 2.48. The van der Waals surface area contributed by atoms with E-state index in [1.54, 1.807) is 6.07 Å². The molecule has 0 aliphatic rings. The van der Waals surface area contributed by atoms with Crippen LogP contribution in [-0.4, -0.2) is 10.1 Å². The van der Waals surface area contributed by atoms with Crippen molar-refractivity contribution < 1.29 is 5.11 Å². The number of halogens is 1. The Bertz CT molecular complexity index is 394. The van der Waals surface area contributed by atoms with E-state index in [2.05, 4.69) is 20.9 Å². The number of rotatable bonds is 0. The maximum Gasteiger partial charge on any atom is 0.130 e. The first-order valence-electron chi connectivity index (χ1n) is 3.23. The molecular weight excluding hydrogens is 206 g/mol. The molecule has 2 N–H and O–H groups in total. The van der Waals surface area contributed by atoms with Gasteiger partial charge in [-0.05, 0) is 34.1 Å². The van der Waals surface area contributed by atoms with Crippen molar-refractivity contribution in [2.45, 2.75) is 0 Å². The summed E-state index contributed by atoms with van der Waals surface area (Å²) in [4.78, 5) is 3.05. The highest BCUT2D eigenvalue weighted by Crippen LogP contribution is 2.31. The minimum Gasteiger partial charge on any atom is -0.507 e. The SMILES string of the molecule is Oc1ccc2[nH]ccc2c1Br. The summed E-state index contributed by atoms with van der Waals surface area (Å²) in [5.41, 5.74) is 1.02. The molecule has 0 atom stereocenters. The Morgan fingerprint density at radius 3 is 2.91 bits per heavy atom. The van der Waals surface area contributed by atoms with Crippen molar-refractivity contribution in [2.75, 3.05) is 0 Å². The molecule has 0 radical (unpaired) electrons. The highest BCUT2D eigenvalue weighted by atomic mass is 79.9. The number of fused-ring (bicyclic) bond motifs is 1. The lowest BCUT2D eigenvalue weighted by Crippen LogP contribution is -1.70. The van der Waals surface area contributed by atoms with E-state index >= 15 is 0 Å². The average Bonchev–Trinajstić information content (AvgIpc) is 2.45. The van der Waals surface area contributed by atoms with Gasteiger partial charge in [0.25, 0.3) is 0 Å². The minimum absolute atomic E-state index is 0.275. The third kappa shape index (κ3) is 0.922. The molecule has 1 aromatic heterocycles. The molecule has 0 bridgehead atoms. The molecule has 0 amide bonds. The maximum atomic E-state index is 9.27. The lowest BCUT2D eigenvalue weighted by atomic mass is 10.2. The molecule has 0 spiro atoms. The van der Waals surface area contributed by atoms with Gasteiger partial charge in [0.05, 0.1) is 4.47 Å². The second kappa shape index (κ2) is 2.27. The van der Waals surface area contributed by atoms with Gasteiger partial charge in [-0.3, -0.25) is 0 Å². The van der Waals surface area contributed by atoms with Crippen LogP contribution in [0.4, 0.5) is 0 Å². The normalized spacial score (nSPS) is 10.6. The van der Waals surface area contributed by atoms with E-state index in [1.165, 1.54) is 0 Å². The van der Waals surface area contributed by atoms with E-state index in [1.807, 2.05) is 18.3 Å². The summed E-state index contributed by atoms with van der Waals surface area (Å²) >= 11 is 3.29. The highest BCUT2D eigenvalue weighted by molar-refractivity contribution is 9.10. The molecular formula is C8H6BrNO. The van der Waals surface area contributed by atoms with Crippen LogP contribution in [0.15, 0.2) is 28.9 Å². The Labute approximate surface area is 72.0 Å². The number of aromatic hydroxyl groups is 1. The lowest BCUT2D eigenvalue weighted by molar-refractivity contribution is 0.473. The van der Waals surface area contributed by atoms with Crippen LogP contribution >= 0.6 is 15.9 Å². The molecule has 2 aromatic rings. The smallest absolute Gasteiger partial charge is 0.130 e. The molecule has 0 fully saturated rings. The van der Waals surface area contributed by atoms with Crippen LogP contribution in [0.5, 0.6) is 5.75 Å². The predicted octanol–water partition coefficient (Wildman–Crippen LogP) is 2.64. The maximum absolute atomic E-state index is 9.27. The van der Waals surface area contributed by atoms with Crippen LogP contribution in [0.25, 0.3) is 10.9 Å². The summed E-state index contributed by atoms with van der Waals surface area (Å²) < 4.78 is 0.747. The fourth-order valence-electron chi connectivity index (χ4n) is 1.09. The van der Waals surface area contributed by atoms with Crippen molar-refractivity contribution in [3.05, 3.63) is 28.9 Å². The summed E-state index contributed by atoms with van der Waals surface area (Å²) in [6, 6.07) is 5.41. The van der Waals surface area contributed by atoms with E-state index < -0.39 is 0 Å². The minimum atomic E-state index is 0.275. The number of aromatic amines is 1. The first-order chi connectivity index (χ1) is 5.29. The topological polar surface area (TPSA) is 36.0 Å². The van der Waals surface area contributed by atoms with Gasteiger partial charge < -0.3 is 10.1 Å². The molecule has 0 saturated heterocycles. The molecule has 3 heteroatoms. The quantitative estimate of drug-likeness (QED) is 0.691. The van der Waals surface area contributed by atoms with E-state index in [9.17, 15) is 5.11 Å². The summed E-state index contributed by atoms with van der Waals surface area (Å²) in [5.74, 6) is 0.275. The van der Waals surface area contributed by atoms with Crippen LogP contribution in [0, 0.1) is 0 Å². The number of nitrogens with one attached hydrogen (secondary N) is 1. The molecule has 2 rings (SSSR count). The van der Waals surface area contributed by atoms with Gasteiger partial charge in [0.15, 0.2) is 0 Å². The zero-order chi connectivity index (χ0) is 7.84. The molecule has 2 nitrogen and oxygen atoms in total. The molecule has 1 aromatic carbocycles. The predicted molar refractivity (Wildman–Crippen MR) is 47.7 cm³/mol. The number of hydrogen-bond acceptors (Lipinski definition) is 1. The number of benzene rings is 1. The fourth-order valence-corrected chi connectivity index (χ4v) is 1.56. The number of phenols is 1. The van der Waals surface area contributed by atoms with Gasteiger partial charge in [-0.2, -0.15) is 0 Å². The number of phenolic OH excluding ortho intramolecular Hbond substituents is 1. The Hall–Kier alpha value is -0.960. The van der Waals surface area contributed by atoms with E-state index in [4.69, 9.17) is 0 Å². The Morgan fingerprint density at radius 2 is 2.09 bits per heavy atom. The van der Waals surface area contributed by atoms with Gasteiger partial charge in [0, 0.05) is 17.1 Å². The van der Waals surface area contributed by atoms with Crippen molar-refractivity contribution in [3.8, 4) is 5.75 Å². The van der Waals surface area contributed by atoms with Crippen molar-refractivity contribution in [1.82, 2.24) is 4.98 Å². The number of H-pyrrole nitrogens is 1. The second-order valence-electron chi connectivity index (χ2n) is 2.34. The average molecular weight is 212 g/mol. The first kappa shape index (κ1) is 6.73. The van der Waals surface area contributed by atoms with Crippen molar-refractivity contribution in [2.24, 2.45) is 0 Å². The van der Waals surface area contributed by atoms with E-state index in [0.717, 1.165) is 15.4 Å².